The Morgan fingerprint density at radius 2 is 0.697 bits per heavy atom. The molecule has 308 valence electrons. The zero-order valence-electron chi connectivity index (χ0n) is 36.0. The summed E-state index contributed by atoms with van der Waals surface area (Å²) in [6.07, 6.45) is 0. The van der Waals surface area contributed by atoms with Gasteiger partial charge in [0.15, 0.2) is 0 Å². The van der Waals surface area contributed by atoms with E-state index in [2.05, 4.69) is 258 Å². The lowest BCUT2D eigenvalue weighted by atomic mass is 9.98. The van der Waals surface area contributed by atoms with Gasteiger partial charge < -0.3 is 9.13 Å². The van der Waals surface area contributed by atoms with Gasteiger partial charge >= 0.3 is 0 Å². The van der Waals surface area contributed by atoms with Crippen LogP contribution in [-0.4, -0.2) is 14.1 Å². The molecule has 3 heteroatoms. The zero-order chi connectivity index (χ0) is 43.6. The molecule has 13 aromatic rings. The van der Waals surface area contributed by atoms with E-state index in [0.29, 0.717) is 0 Å². The molecule has 0 N–H and O–H groups in total. The van der Waals surface area contributed by atoms with Crippen LogP contribution in [0.2, 0.25) is 0 Å². The van der Waals surface area contributed by atoms with Crippen molar-refractivity contribution in [1.82, 2.24) is 14.1 Å². The van der Waals surface area contributed by atoms with Gasteiger partial charge in [0.2, 0.25) is 0 Å². The van der Waals surface area contributed by atoms with Crippen LogP contribution in [0.4, 0.5) is 0 Å². The van der Waals surface area contributed by atoms with E-state index in [9.17, 15) is 0 Å². The smallest absolute Gasteiger partial charge is 0.0715 e. The highest BCUT2D eigenvalue weighted by molar-refractivity contribution is 6.12. The fourth-order valence-electron chi connectivity index (χ4n) is 10.2. The standard InChI is InChI=1S/C63H41N3/c1-3-16-44(17-4-1)58-38-49(39-59(64-58)45-18-5-2-6-19-45)46-21-13-22-51(37-46)66-61-28-12-10-25-55(61)57-36-32-48(41-63(57)66)47-31-35-56-54-24-9-11-27-60(54)65(62(56)40-47)50-33-29-43(30-34-50)53-26-14-20-42-15-7-8-23-52(42)53/h1-41H. The fourth-order valence-corrected chi connectivity index (χ4v) is 10.2. The van der Waals surface area contributed by atoms with Crippen LogP contribution in [0.25, 0.3) is 122 Å². The highest BCUT2D eigenvalue weighted by atomic mass is 15.0. The van der Waals surface area contributed by atoms with Crippen molar-refractivity contribution in [2.75, 3.05) is 0 Å². The van der Waals surface area contributed by atoms with Gasteiger partial charge in [-0.2, -0.15) is 0 Å². The van der Waals surface area contributed by atoms with E-state index >= 15 is 0 Å². The maximum atomic E-state index is 5.16. The van der Waals surface area contributed by atoms with Crippen LogP contribution < -0.4 is 0 Å². The molecule has 0 unspecified atom stereocenters. The molecule has 0 aliphatic rings. The van der Waals surface area contributed by atoms with Gasteiger partial charge in [0.25, 0.3) is 0 Å². The minimum atomic E-state index is 0.952. The molecule has 0 spiro atoms. The van der Waals surface area contributed by atoms with Crippen LogP contribution in [0.15, 0.2) is 249 Å². The molecule has 0 aliphatic heterocycles. The van der Waals surface area contributed by atoms with Crippen molar-refractivity contribution >= 4 is 54.4 Å². The van der Waals surface area contributed by atoms with Crippen molar-refractivity contribution in [3.63, 3.8) is 0 Å². The van der Waals surface area contributed by atoms with Crippen LogP contribution in [0.1, 0.15) is 0 Å². The summed E-state index contributed by atoms with van der Waals surface area (Å²) in [4.78, 5) is 5.16. The molecule has 3 nitrogen and oxygen atoms in total. The predicted octanol–water partition coefficient (Wildman–Crippen LogP) is 16.8. The van der Waals surface area contributed by atoms with Crippen molar-refractivity contribution < 1.29 is 0 Å². The van der Waals surface area contributed by atoms with E-state index in [-0.39, 0.29) is 0 Å². The Morgan fingerprint density at radius 1 is 0.242 bits per heavy atom. The predicted molar refractivity (Wildman–Crippen MR) is 278 cm³/mol. The average Bonchev–Trinajstić information content (AvgIpc) is 3.91. The van der Waals surface area contributed by atoms with Crippen LogP contribution in [0, 0.1) is 0 Å². The molecule has 0 saturated carbocycles. The van der Waals surface area contributed by atoms with Crippen molar-refractivity contribution in [3.05, 3.63) is 249 Å². The number of para-hydroxylation sites is 2. The van der Waals surface area contributed by atoms with Crippen molar-refractivity contribution in [1.29, 1.82) is 0 Å². The van der Waals surface area contributed by atoms with Crippen LogP contribution >= 0.6 is 0 Å². The molecule has 0 bridgehead atoms. The first-order valence-electron chi connectivity index (χ1n) is 22.6. The molecule has 0 aliphatic carbocycles. The van der Waals surface area contributed by atoms with E-state index in [1.165, 1.54) is 76.6 Å². The van der Waals surface area contributed by atoms with Gasteiger partial charge in [-0.3, -0.25) is 0 Å². The first kappa shape index (κ1) is 37.7. The minimum absolute atomic E-state index is 0.952. The Hall–Kier alpha value is -8.79. The third kappa shape index (κ3) is 6.32. The Balaban J connectivity index is 0.941. The fraction of sp³-hybridized carbons (Fsp3) is 0. The average molecular weight is 840 g/mol. The van der Waals surface area contributed by atoms with Crippen molar-refractivity contribution in [3.8, 4) is 67.3 Å². The van der Waals surface area contributed by atoms with Gasteiger partial charge in [-0.25, -0.2) is 4.98 Å². The normalized spacial score (nSPS) is 11.6. The summed E-state index contributed by atoms with van der Waals surface area (Å²) < 4.78 is 4.86. The topological polar surface area (TPSA) is 22.8 Å². The molecule has 0 amide bonds. The second-order valence-electron chi connectivity index (χ2n) is 17.2. The van der Waals surface area contributed by atoms with E-state index in [1.807, 2.05) is 0 Å². The van der Waals surface area contributed by atoms with Crippen LogP contribution in [0.3, 0.4) is 0 Å². The summed E-state index contributed by atoms with van der Waals surface area (Å²) in [5.74, 6) is 0. The van der Waals surface area contributed by atoms with E-state index in [0.717, 1.165) is 45.0 Å². The molecule has 0 fully saturated rings. The third-order valence-electron chi connectivity index (χ3n) is 13.3. The van der Waals surface area contributed by atoms with Gasteiger partial charge in [-0.05, 0) is 105 Å². The number of aromatic nitrogens is 3. The minimum Gasteiger partial charge on any atom is -0.309 e. The third-order valence-corrected chi connectivity index (χ3v) is 13.3. The van der Waals surface area contributed by atoms with Crippen LogP contribution in [0.5, 0.6) is 0 Å². The first-order valence-corrected chi connectivity index (χ1v) is 22.6. The number of fused-ring (bicyclic) bond motifs is 7. The summed E-state index contributed by atoms with van der Waals surface area (Å²) in [5.41, 5.74) is 18.1. The van der Waals surface area contributed by atoms with E-state index in [4.69, 9.17) is 4.98 Å². The molecule has 10 aromatic carbocycles. The Bertz CT molecular complexity index is 3910. The summed E-state index contributed by atoms with van der Waals surface area (Å²) in [6.45, 7) is 0. The number of rotatable bonds is 7. The number of nitrogens with zero attached hydrogens (tertiary/aromatic N) is 3. The summed E-state index contributed by atoms with van der Waals surface area (Å²) in [5, 5.41) is 7.45. The summed E-state index contributed by atoms with van der Waals surface area (Å²) >= 11 is 0. The van der Waals surface area contributed by atoms with Gasteiger partial charge in [0, 0.05) is 44.0 Å². The maximum absolute atomic E-state index is 5.16. The molecule has 0 atom stereocenters. The highest BCUT2D eigenvalue weighted by Crippen LogP contribution is 2.40. The van der Waals surface area contributed by atoms with E-state index < -0.39 is 0 Å². The molecule has 3 heterocycles. The number of hydrogen-bond donors (Lipinski definition) is 0. The lowest BCUT2D eigenvalue weighted by Gasteiger charge is -2.13. The van der Waals surface area contributed by atoms with Crippen molar-refractivity contribution in [2.24, 2.45) is 0 Å². The monoisotopic (exact) mass is 839 g/mol. The molecular formula is C63H41N3. The highest BCUT2D eigenvalue weighted by Gasteiger charge is 2.18. The van der Waals surface area contributed by atoms with Gasteiger partial charge in [-0.15, -0.1) is 0 Å². The van der Waals surface area contributed by atoms with Gasteiger partial charge in [0.1, 0.15) is 0 Å². The number of hydrogen-bond acceptors (Lipinski definition) is 1. The second kappa shape index (κ2) is 15.5. The Labute approximate surface area is 382 Å². The zero-order valence-corrected chi connectivity index (χ0v) is 36.0. The lowest BCUT2D eigenvalue weighted by molar-refractivity contribution is 1.18. The number of benzene rings is 10. The molecule has 0 saturated heterocycles. The molecule has 0 radical (unpaired) electrons. The number of pyridine rings is 1. The van der Waals surface area contributed by atoms with Crippen molar-refractivity contribution in [2.45, 2.75) is 0 Å². The Kier molecular flexibility index (Phi) is 8.85. The second-order valence-corrected chi connectivity index (χ2v) is 17.2. The molecular weight excluding hydrogens is 799 g/mol. The van der Waals surface area contributed by atoms with E-state index in [1.54, 1.807) is 0 Å². The summed E-state index contributed by atoms with van der Waals surface area (Å²) in [7, 11) is 0. The Morgan fingerprint density at radius 3 is 1.32 bits per heavy atom. The molecule has 13 rings (SSSR count). The molecule has 66 heavy (non-hydrogen) atoms. The first-order chi connectivity index (χ1) is 32.7. The quantitative estimate of drug-likeness (QED) is 0.157. The summed E-state index contributed by atoms with van der Waals surface area (Å²) in [6, 6.07) is 90.1. The van der Waals surface area contributed by atoms with Gasteiger partial charge in [0.05, 0.1) is 33.5 Å². The molecule has 3 aromatic heterocycles. The van der Waals surface area contributed by atoms with Gasteiger partial charge in [-0.1, -0.05) is 188 Å². The lowest BCUT2D eigenvalue weighted by Crippen LogP contribution is -1.96. The van der Waals surface area contributed by atoms with Crippen LogP contribution in [-0.2, 0) is 0 Å². The largest absolute Gasteiger partial charge is 0.309 e. The maximum Gasteiger partial charge on any atom is 0.0715 e. The SMILES string of the molecule is c1ccc(-c2cc(-c3cccc(-n4c5ccccc5c5ccc(-c6ccc7c8ccccc8n(-c8ccc(-c9cccc%10ccccc9%10)cc8)c7c6)cc54)c3)cc(-c3ccccc3)n2)cc1.